The Labute approximate surface area is 620 Å². The molecule has 2 nitrogen and oxygen atoms in total. The van der Waals surface area contributed by atoms with Crippen LogP contribution in [0.2, 0.25) is 0 Å². The van der Waals surface area contributed by atoms with Gasteiger partial charge in [-0.25, -0.2) is 0 Å². The van der Waals surface area contributed by atoms with E-state index < -0.39 is 535 Å². The lowest BCUT2D eigenvalue weighted by Gasteiger charge is -2.20. The molecule has 0 saturated heterocycles. The maximum absolute atomic E-state index is 9.98. The van der Waals surface area contributed by atoms with E-state index in [-0.39, 0.29) is 0 Å². The first-order valence-electron chi connectivity index (χ1n) is 55.8. The summed E-state index contributed by atoms with van der Waals surface area (Å²) in [5.41, 5.74) is -11.8. The van der Waals surface area contributed by atoms with Gasteiger partial charge >= 0.3 is 0 Å². The van der Waals surface area contributed by atoms with Crippen molar-refractivity contribution in [1.29, 1.82) is 0 Å². The molecule has 0 aliphatic heterocycles. The molecule has 0 saturated carbocycles. The second-order valence-electron chi connectivity index (χ2n) is 20.5. The molecule has 436 valence electrons. The Morgan fingerprint density at radius 1 is 0.170 bits per heavy atom. The molecule has 20 aromatic rings. The Bertz CT molecular complexity index is 9810. The van der Waals surface area contributed by atoms with Gasteiger partial charge in [-0.15, -0.1) is 0 Å². The van der Waals surface area contributed by atoms with Crippen LogP contribution < -0.4 is 0 Å². The minimum absolute atomic E-state index is 0.455. The highest BCUT2D eigenvalue weighted by molar-refractivity contribution is 6.30. The highest BCUT2D eigenvalue weighted by atomic mass is 16.3. The predicted octanol–water partition coefficient (Wildman–Crippen LogP) is 26.4. The summed E-state index contributed by atoms with van der Waals surface area (Å²) in [6, 6.07) is -53.3. The highest BCUT2D eigenvalue weighted by Gasteiger charge is 2.25. The van der Waals surface area contributed by atoms with Crippen molar-refractivity contribution in [2.24, 2.45) is 0 Å². The fourth-order valence-corrected chi connectivity index (χ4v) is 11.9. The fraction of sp³-hybridized carbons (Fsp3) is 0. The molecule has 18 aromatic carbocycles. The summed E-state index contributed by atoms with van der Waals surface area (Å²) < 4.78 is 519. The highest BCUT2D eigenvalue weighted by Crippen LogP contribution is 2.52. The van der Waals surface area contributed by atoms with E-state index in [0.29, 0.717) is 0 Å². The van der Waals surface area contributed by atoms with Crippen molar-refractivity contribution in [3.8, 4) is 66.8 Å². The Morgan fingerprint density at radius 3 is 0.947 bits per heavy atom. The number of hydrogen-bond donors (Lipinski definition) is 0. The van der Waals surface area contributed by atoms with E-state index in [1.165, 1.54) is 0 Å². The number of furan rings is 2. The second kappa shape index (κ2) is 21.7. The van der Waals surface area contributed by atoms with Gasteiger partial charge in [0.05, 0.1) is 76.8 Å². The molecule has 2 aromatic heterocycles. The van der Waals surface area contributed by atoms with Crippen LogP contribution in [-0.4, -0.2) is 0 Å². The smallest absolute Gasteiger partial charge is 0.143 e. The van der Waals surface area contributed by atoms with E-state index in [0.717, 1.165) is 0 Å². The van der Waals surface area contributed by atoms with E-state index in [2.05, 4.69) is 0 Å². The van der Waals surface area contributed by atoms with Crippen molar-refractivity contribution < 1.29 is 85.6 Å². The van der Waals surface area contributed by atoms with Gasteiger partial charge in [0.2, 0.25) is 0 Å². The van der Waals surface area contributed by atoms with Crippen LogP contribution in [-0.2, 0) is 0 Å². The van der Waals surface area contributed by atoms with Crippen LogP contribution in [0.25, 0.3) is 197 Å². The average molecular weight is 1250 g/mol. The molecule has 0 unspecified atom stereocenters. The lowest BCUT2D eigenvalue weighted by molar-refractivity contribution is 0.672. The lowest BCUT2D eigenvalue weighted by Crippen LogP contribution is -1.93. The molecule has 0 bridgehead atoms. The van der Waals surface area contributed by atoms with Crippen LogP contribution in [0.1, 0.15) is 76.8 Å². The SMILES string of the molecule is [2H]c1c([2H])c(-c2c3c([2H])c([2H])c([2H])c([2H])c3c(-c3c([2H])c([2H])c(-c4c([2H])c([2H])c([2H])c5c([2H])c([2H])c([2H])c([2H])c45)c4c([2H])c([2H])c([2H])c([2H])c34)c3c([2H])c([2H])c([2H])c([2H])c23)c2c(oc3c4c([2H])c([2H])c([2H])c([2H])c4c([2H])c([2H])c32)c1[2H].[2H]c1c([2H])c([2H])c(-c2c([2H])c([2H])c([2H])c([2H])c2-c2c3c([2H])c([2H])c([2H])c([2H])c3c(-c3c([2H])c([2H])c([2H])c4oc5c6c([2H])c([2H])c([2H])c([2H])c6c([2H])c([2H])c5c34)c3c([2H])c([2H])c([2H])c([2H])c23)c([2H])c1[2H]. The van der Waals surface area contributed by atoms with E-state index in [1.807, 2.05) is 0 Å². The Balaban J connectivity index is 0.000000191. The first-order valence-corrected chi connectivity index (χ1v) is 27.8. The number of rotatable bonds is 6. The van der Waals surface area contributed by atoms with Crippen molar-refractivity contribution in [3.05, 3.63) is 338 Å². The molecule has 20 rings (SSSR count). The van der Waals surface area contributed by atoms with Crippen molar-refractivity contribution in [2.45, 2.75) is 0 Å². The maximum Gasteiger partial charge on any atom is 0.143 e. The third-order valence-corrected chi connectivity index (χ3v) is 15.7. The summed E-state index contributed by atoms with van der Waals surface area (Å²) in [5, 5.41) is -13.2. The standard InChI is InChI=1S/C50H30O.C42H26O/c1-3-16-33-31(13-1)15-11-24-35(33)38-29-30-43(37-19-6-5-18-36(37)38)47-39-20-7-9-22-41(39)48(42-23-10-8-21-40(42)47)44-25-12-26-46-49(44)45-28-27-32-14-2-4-17-34(32)50(45)51-46;1-2-13-27(14-3-1)29-16-6-7-18-31(29)39-32-19-8-10-21-34(32)40(35-22-11-9-20-33(35)39)36-23-12-24-38-41(36)37-26-25-28-15-4-5-17-30(28)42(37)43-38/h1-30H;1-26H/i1D,2D,3D,4D,5D,6D,7D,8D,9D,10D,11D,12D,13D,14D,15D,16D,17D,18D,19D,20D,21D,22D,23D,24D,25D,26D,27D,28D,29D,30D;1D,2D,3D,4D,5D,6D,7D,8D,9D,10D,11D,12D,13D,14D,15D,16D,17D,18D,19D,20D,21D,22D,23D,24D,25D,26D. The minimum atomic E-state index is -1.15. The van der Waals surface area contributed by atoms with Gasteiger partial charge < -0.3 is 8.83 Å². The van der Waals surface area contributed by atoms with Crippen LogP contribution in [0.15, 0.2) is 347 Å². The van der Waals surface area contributed by atoms with Crippen LogP contribution in [0.5, 0.6) is 0 Å². The molecule has 0 spiro atoms. The third-order valence-electron chi connectivity index (χ3n) is 15.7. The second-order valence-corrected chi connectivity index (χ2v) is 20.5. The van der Waals surface area contributed by atoms with E-state index in [4.69, 9.17) is 59.6 Å². The number of hydrogen-bond acceptors (Lipinski definition) is 2. The van der Waals surface area contributed by atoms with Gasteiger partial charge in [0.1, 0.15) is 22.3 Å². The van der Waals surface area contributed by atoms with Gasteiger partial charge in [-0.05, 0) is 166 Å². The van der Waals surface area contributed by atoms with Crippen LogP contribution in [0.4, 0.5) is 0 Å². The molecule has 0 aliphatic rings. The number of fused-ring (bicyclic) bond motifs is 16. The van der Waals surface area contributed by atoms with Crippen LogP contribution in [0, 0.1) is 0 Å². The molecule has 0 N–H and O–H groups in total. The first kappa shape index (κ1) is 21.9. The third kappa shape index (κ3) is 8.30. The van der Waals surface area contributed by atoms with E-state index >= 15 is 0 Å². The van der Waals surface area contributed by atoms with Gasteiger partial charge in [0.15, 0.2) is 0 Å². The quantitative estimate of drug-likeness (QED) is 0.155. The fourth-order valence-electron chi connectivity index (χ4n) is 11.9. The maximum atomic E-state index is 9.98. The molecule has 2 heterocycles. The van der Waals surface area contributed by atoms with Gasteiger partial charge in [-0.3, -0.25) is 0 Å². The molecular weight excluding hydrogens is 1140 g/mol. The normalized spacial score (nSPS) is 20.2. The summed E-state index contributed by atoms with van der Waals surface area (Å²) in [6.07, 6.45) is 0. The van der Waals surface area contributed by atoms with Crippen LogP contribution >= 0.6 is 0 Å². The minimum Gasteiger partial charge on any atom is -0.455 e. The monoisotopic (exact) mass is 1250 g/mol. The Kier molecular flexibility index (Phi) is 5.05. The van der Waals surface area contributed by atoms with Crippen LogP contribution in [0.3, 0.4) is 0 Å². The summed E-state index contributed by atoms with van der Waals surface area (Å²) in [6.45, 7) is 0. The summed E-state index contributed by atoms with van der Waals surface area (Å²) in [7, 11) is 0. The van der Waals surface area contributed by atoms with E-state index in [1.54, 1.807) is 0 Å². The molecule has 0 fully saturated rings. The lowest BCUT2D eigenvalue weighted by atomic mass is 9.83. The zero-order valence-corrected chi connectivity index (χ0v) is 46.8. The number of benzene rings is 18. The molecule has 0 radical (unpaired) electrons. The predicted molar refractivity (Wildman–Crippen MR) is 400 cm³/mol. The molecular formula is C92H56O2. The largest absolute Gasteiger partial charge is 0.455 e. The van der Waals surface area contributed by atoms with Gasteiger partial charge in [0, 0.05) is 32.3 Å². The summed E-state index contributed by atoms with van der Waals surface area (Å²) in [4.78, 5) is 0. The average Bonchev–Trinajstić information content (AvgIpc) is 1.21. The van der Waals surface area contributed by atoms with Crippen molar-refractivity contribution >= 4 is 130 Å². The summed E-state index contributed by atoms with van der Waals surface area (Å²) >= 11 is 0. The molecule has 0 aliphatic carbocycles. The topological polar surface area (TPSA) is 26.3 Å². The molecule has 0 amide bonds. The Morgan fingerprint density at radius 2 is 0.468 bits per heavy atom. The molecule has 94 heavy (non-hydrogen) atoms. The van der Waals surface area contributed by atoms with Gasteiger partial charge in [0.25, 0.3) is 0 Å². The first-order chi connectivity index (χ1) is 70.0. The van der Waals surface area contributed by atoms with Gasteiger partial charge in [-0.2, -0.15) is 0 Å². The Hall–Kier alpha value is -12.4. The zero-order chi connectivity index (χ0) is 111. The zero-order valence-electron chi connectivity index (χ0n) is 103. The van der Waals surface area contributed by atoms with Crippen molar-refractivity contribution in [1.82, 2.24) is 0 Å². The van der Waals surface area contributed by atoms with Crippen molar-refractivity contribution in [2.75, 3.05) is 0 Å². The molecule has 0 atom stereocenters. The summed E-state index contributed by atoms with van der Waals surface area (Å²) in [5.74, 6) is 0. The molecule has 2 heteroatoms. The van der Waals surface area contributed by atoms with E-state index in [9.17, 15) is 26.0 Å². The van der Waals surface area contributed by atoms with Gasteiger partial charge in [-0.1, -0.05) is 314 Å². The van der Waals surface area contributed by atoms with Crippen molar-refractivity contribution in [3.63, 3.8) is 0 Å².